The van der Waals surface area contributed by atoms with E-state index in [0.29, 0.717) is 27.3 Å². The van der Waals surface area contributed by atoms with Gasteiger partial charge in [-0.25, -0.2) is 9.37 Å². The van der Waals surface area contributed by atoms with Crippen LogP contribution in [0, 0.1) is 5.82 Å². The molecule has 1 atom stereocenters. The fourth-order valence-electron chi connectivity index (χ4n) is 4.10. The minimum Gasteiger partial charge on any atom is -0.507 e. The highest BCUT2D eigenvalue weighted by molar-refractivity contribution is 7.22. The van der Waals surface area contributed by atoms with Gasteiger partial charge in [0.25, 0.3) is 5.78 Å². The molecule has 7 nitrogen and oxygen atoms in total. The lowest BCUT2D eigenvalue weighted by atomic mass is 9.95. The zero-order valence-electron chi connectivity index (χ0n) is 19.0. The standard InChI is InChI=1S/C26H18ClFN2O5S/c1-34-15-5-3-4-13(10-15)22-21(23(31)17-12-16(35-2)7-8-18(17)27)24(32)25(33)30(22)26-29-19-9-6-14(28)11-20(19)36-26/h3-12,22,31H,1-2H3/b23-21+. The van der Waals surface area contributed by atoms with E-state index in [1.807, 2.05) is 0 Å². The van der Waals surface area contributed by atoms with Gasteiger partial charge in [0.05, 0.1) is 41.1 Å². The molecule has 4 aromatic rings. The summed E-state index contributed by atoms with van der Waals surface area (Å²) in [6.07, 6.45) is 0. The quantitative estimate of drug-likeness (QED) is 0.204. The van der Waals surface area contributed by atoms with Crippen LogP contribution in [0.5, 0.6) is 11.5 Å². The number of rotatable bonds is 5. The number of aliphatic hydroxyl groups is 1. The lowest BCUT2D eigenvalue weighted by molar-refractivity contribution is -0.132. The van der Waals surface area contributed by atoms with Crippen LogP contribution in [0.2, 0.25) is 5.02 Å². The van der Waals surface area contributed by atoms with E-state index in [2.05, 4.69) is 4.98 Å². The molecule has 182 valence electrons. The molecule has 1 N–H and O–H groups in total. The maximum absolute atomic E-state index is 13.8. The minimum absolute atomic E-state index is 0.133. The molecule has 0 spiro atoms. The molecule has 2 heterocycles. The average Bonchev–Trinajstić information content (AvgIpc) is 3.41. The van der Waals surface area contributed by atoms with Gasteiger partial charge in [0.15, 0.2) is 5.13 Å². The number of hydrogen-bond donors (Lipinski definition) is 1. The predicted octanol–water partition coefficient (Wildman–Crippen LogP) is 5.73. The molecule has 1 aromatic heterocycles. The Morgan fingerprint density at radius 3 is 2.56 bits per heavy atom. The Morgan fingerprint density at radius 2 is 1.81 bits per heavy atom. The zero-order valence-corrected chi connectivity index (χ0v) is 20.6. The summed E-state index contributed by atoms with van der Waals surface area (Å²) in [6, 6.07) is 14.4. The second-order valence-corrected chi connectivity index (χ2v) is 9.32. The molecule has 1 aliphatic rings. The summed E-state index contributed by atoms with van der Waals surface area (Å²) in [5.41, 5.74) is 0.931. The summed E-state index contributed by atoms with van der Waals surface area (Å²) in [6.45, 7) is 0. The number of thiazole rings is 1. The van der Waals surface area contributed by atoms with Crippen LogP contribution in [0.4, 0.5) is 9.52 Å². The van der Waals surface area contributed by atoms with Gasteiger partial charge >= 0.3 is 5.91 Å². The first-order valence-corrected chi connectivity index (χ1v) is 11.9. The Labute approximate surface area is 214 Å². The molecular weight excluding hydrogens is 507 g/mol. The van der Waals surface area contributed by atoms with Crippen molar-refractivity contribution in [3.05, 3.63) is 88.2 Å². The molecule has 0 bridgehead atoms. The number of aromatic nitrogens is 1. The number of amides is 1. The summed E-state index contributed by atoms with van der Waals surface area (Å²) in [4.78, 5) is 32.4. The van der Waals surface area contributed by atoms with Crippen molar-refractivity contribution in [2.45, 2.75) is 6.04 Å². The highest BCUT2D eigenvalue weighted by Crippen LogP contribution is 2.45. The smallest absolute Gasteiger partial charge is 0.301 e. The van der Waals surface area contributed by atoms with E-state index in [9.17, 15) is 19.1 Å². The van der Waals surface area contributed by atoms with Crippen molar-refractivity contribution in [1.82, 2.24) is 4.98 Å². The third kappa shape index (κ3) is 3.96. The van der Waals surface area contributed by atoms with Gasteiger partial charge in [0.1, 0.15) is 23.1 Å². The predicted molar refractivity (Wildman–Crippen MR) is 135 cm³/mol. The minimum atomic E-state index is -1.05. The van der Waals surface area contributed by atoms with Crippen molar-refractivity contribution in [2.75, 3.05) is 19.1 Å². The third-order valence-corrected chi connectivity index (χ3v) is 7.17. The molecule has 0 aliphatic carbocycles. The molecule has 1 fully saturated rings. The maximum Gasteiger partial charge on any atom is 0.301 e. The van der Waals surface area contributed by atoms with Crippen molar-refractivity contribution in [3.63, 3.8) is 0 Å². The van der Waals surface area contributed by atoms with Gasteiger partial charge in [-0.15, -0.1) is 0 Å². The molecule has 1 aliphatic heterocycles. The molecule has 1 saturated heterocycles. The van der Waals surface area contributed by atoms with Gasteiger partial charge in [-0.2, -0.15) is 0 Å². The van der Waals surface area contributed by atoms with Crippen molar-refractivity contribution in [2.24, 2.45) is 0 Å². The molecule has 10 heteroatoms. The SMILES string of the molecule is COc1cccc(C2/C(=C(\O)c3cc(OC)ccc3Cl)C(=O)C(=O)N2c2nc3ccc(F)cc3s2)c1. The lowest BCUT2D eigenvalue weighted by Crippen LogP contribution is -2.29. The second kappa shape index (κ2) is 9.25. The van der Waals surface area contributed by atoms with E-state index in [1.54, 1.807) is 30.3 Å². The summed E-state index contributed by atoms with van der Waals surface area (Å²) in [5.74, 6) is -1.81. The van der Waals surface area contributed by atoms with Crippen LogP contribution < -0.4 is 14.4 Å². The number of ketones is 1. The fourth-order valence-corrected chi connectivity index (χ4v) is 5.33. The monoisotopic (exact) mass is 524 g/mol. The van der Waals surface area contributed by atoms with Gasteiger partial charge in [-0.1, -0.05) is 35.1 Å². The van der Waals surface area contributed by atoms with Gasteiger partial charge in [0, 0.05) is 5.56 Å². The Morgan fingerprint density at radius 1 is 1.06 bits per heavy atom. The summed E-state index contributed by atoms with van der Waals surface area (Å²) >= 11 is 7.41. The Kier molecular flexibility index (Phi) is 6.11. The van der Waals surface area contributed by atoms with E-state index in [-0.39, 0.29) is 21.3 Å². The number of nitrogens with zero attached hydrogens (tertiary/aromatic N) is 2. The van der Waals surface area contributed by atoms with E-state index < -0.39 is 29.3 Å². The number of fused-ring (bicyclic) bond motifs is 1. The number of carbonyl (C=O) groups excluding carboxylic acids is 2. The van der Waals surface area contributed by atoms with E-state index >= 15 is 0 Å². The van der Waals surface area contributed by atoms with E-state index in [0.717, 1.165) is 11.3 Å². The number of aliphatic hydroxyl groups excluding tert-OH is 1. The van der Waals surface area contributed by atoms with Gasteiger partial charge in [-0.05, 0) is 54.1 Å². The molecule has 0 saturated carbocycles. The molecular formula is C26H18ClFN2O5S. The Balaban J connectivity index is 1.76. The van der Waals surface area contributed by atoms with Crippen LogP contribution in [-0.2, 0) is 9.59 Å². The van der Waals surface area contributed by atoms with Gasteiger partial charge in [-0.3, -0.25) is 14.5 Å². The van der Waals surface area contributed by atoms with Crippen molar-refractivity contribution in [3.8, 4) is 11.5 Å². The number of hydrogen-bond acceptors (Lipinski definition) is 7. The fraction of sp³-hybridized carbons (Fsp3) is 0.115. The molecule has 1 amide bonds. The first-order chi connectivity index (χ1) is 17.3. The zero-order chi connectivity index (χ0) is 25.6. The van der Waals surface area contributed by atoms with Crippen molar-refractivity contribution in [1.29, 1.82) is 0 Å². The van der Waals surface area contributed by atoms with E-state index in [4.69, 9.17) is 21.1 Å². The first kappa shape index (κ1) is 23.8. The van der Waals surface area contributed by atoms with Gasteiger partial charge in [0.2, 0.25) is 0 Å². The highest BCUT2D eigenvalue weighted by atomic mass is 35.5. The molecule has 0 radical (unpaired) electrons. The number of anilines is 1. The lowest BCUT2D eigenvalue weighted by Gasteiger charge is -2.23. The van der Waals surface area contributed by atoms with E-state index in [1.165, 1.54) is 49.5 Å². The van der Waals surface area contributed by atoms with Crippen LogP contribution in [0.25, 0.3) is 16.0 Å². The maximum atomic E-state index is 13.8. The average molecular weight is 525 g/mol. The number of halogens is 2. The van der Waals surface area contributed by atoms with Crippen LogP contribution in [0.15, 0.2) is 66.2 Å². The number of Topliss-reactive ketones (excluding diaryl/α,β-unsaturated/α-hetero) is 1. The molecule has 36 heavy (non-hydrogen) atoms. The Hall–Kier alpha value is -3.95. The largest absolute Gasteiger partial charge is 0.507 e. The molecule has 3 aromatic carbocycles. The highest BCUT2D eigenvalue weighted by Gasteiger charge is 2.48. The molecule has 1 unspecified atom stereocenters. The van der Waals surface area contributed by atoms with Gasteiger partial charge < -0.3 is 14.6 Å². The number of ether oxygens (including phenoxy) is 2. The normalized spacial score (nSPS) is 17.1. The van der Waals surface area contributed by atoms with Crippen LogP contribution in [0.3, 0.4) is 0 Å². The summed E-state index contributed by atoms with van der Waals surface area (Å²) in [7, 11) is 2.95. The Bertz CT molecular complexity index is 1570. The summed E-state index contributed by atoms with van der Waals surface area (Å²) < 4.78 is 24.9. The summed E-state index contributed by atoms with van der Waals surface area (Å²) in [5, 5.41) is 11.7. The number of methoxy groups -OCH3 is 2. The van der Waals surface area contributed by atoms with Crippen LogP contribution in [0.1, 0.15) is 17.2 Å². The van der Waals surface area contributed by atoms with Crippen molar-refractivity contribution < 1.29 is 28.6 Å². The molecule has 5 rings (SSSR count). The topological polar surface area (TPSA) is 89.0 Å². The first-order valence-electron chi connectivity index (χ1n) is 10.7. The number of carbonyl (C=O) groups is 2. The third-order valence-electron chi connectivity index (χ3n) is 5.83. The van der Waals surface area contributed by atoms with Crippen molar-refractivity contribution >= 4 is 55.7 Å². The number of benzene rings is 3. The second-order valence-electron chi connectivity index (χ2n) is 7.90. The van der Waals surface area contributed by atoms with Crippen LogP contribution in [-0.4, -0.2) is 36.0 Å². The van der Waals surface area contributed by atoms with Crippen LogP contribution >= 0.6 is 22.9 Å².